The van der Waals surface area contributed by atoms with Crippen LogP contribution in [0.1, 0.15) is 25.6 Å². The highest BCUT2D eigenvalue weighted by Crippen LogP contribution is 2.35. The molecule has 6 nitrogen and oxygen atoms in total. The number of carbonyl (C=O) groups is 1. The zero-order valence-electron chi connectivity index (χ0n) is 17.1. The molecule has 0 radical (unpaired) electrons. The number of aryl methyl sites for hydroxylation is 1. The van der Waals surface area contributed by atoms with Crippen molar-refractivity contribution in [1.29, 1.82) is 0 Å². The Balaban J connectivity index is 1.79. The smallest absolute Gasteiger partial charge is 0.412 e. The molecule has 8 heteroatoms. The maximum Gasteiger partial charge on any atom is 0.412 e. The van der Waals surface area contributed by atoms with Crippen LogP contribution >= 0.6 is 23.1 Å². The minimum absolute atomic E-state index is 0.102. The number of hydrogen-bond donors (Lipinski definition) is 1. The van der Waals surface area contributed by atoms with Gasteiger partial charge in [0, 0.05) is 25.6 Å². The summed E-state index contributed by atoms with van der Waals surface area (Å²) in [6, 6.07) is 17.0. The van der Waals surface area contributed by atoms with E-state index in [0.29, 0.717) is 0 Å². The second-order valence-corrected chi connectivity index (χ2v) is 10.0. The predicted octanol–water partition coefficient (Wildman–Crippen LogP) is 7.13. The van der Waals surface area contributed by atoms with Gasteiger partial charge in [-0.2, -0.15) is 0 Å². The lowest BCUT2D eigenvalue weighted by atomic mass is 10.2. The average Bonchev–Trinajstić information content (AvgIpc) is 3.07. The molecule has 0 aliphatic heterocycles. The molecule has 0 fully saturated rings. The highest BCUT2D eigenvalue weighted by molar-refractivity contribution is 7.99. The SMILES string of the molecule is Cc1ccc(-c2ccc(Sc3ccc([N+](=O)[O-])c(NC(=O)OC(C)(C)C)c3)cc2)s1. The van der Waals surface area contributed by atoms with Gasteiger partial charge in [0.05, 0.1) is 4.92 Å². The van der Waals surface area contributed by atoms with Crippen molar-refractivity contribution in [3.8, 4) is 10.4 Å². The summed E-state index contributed by atoms with van der Waals surface area (Å²) >= 11 is 3.20. The topological polar surface area (TPSA) is 81.5 Å². The molecule has 0 bridgehead atoms. The minimum atomic E-state index is -0.733. The van der Waals surface area contributed by atoms with E-state index >= 15 is 0 Å². The molecule has 0 unspecified atom stereocenters. The van der Waals surface area contributed by atoms with Gasteiger partial charge in [0.1, 0.15) is 11.3 Å². The molecule has 3 rings (SSSR count). The first-order chi connectivity index (χ1) is 14.1. The van der Waals surface area contributed by atoms with Crippen molar-refractivity contribution in [3.05, 3.63) is 69.6 Å². The first kappa shape index (κ1) is 21.9. The average molecular weight is 443 g/mol. The number of amides is 1. The van der Waals surface area contributed by atoms with E-state index in [1.54, 1.807) is 44.2 Å². The molecule has 30 heavy (non-hydrogen) atoms. The number of benzene rings is 2. The molecule has 0 saturated heterocycles. The van der Waals surface area contributed by atoms with Crippen molar-refractivity contribution in [2.75, 3.05) is 5.32 Å². The molecule has 1 heterocycles. The number of anilines is 1. The van der Waals surface area contributed by atoms with Crippen molar-refractivity contribution < 1.29 is 14.5 Å². The van der Waals surface area contributed by atoms with Crippen molar-refractivity contribution in [3.63, 3.8) is 0 Å². The summed E-state index contributed by atoms with van der Waals surface area (Å²) in [4.78, 5) is 27.1. The van der Waals surface area contributed by atoms with E-state index in [4.69, 9.17) is 4.74 Å². The lowest BCUT2D eigenvalue weighted by Gasteiger charge is -2.19. The largest absolute Gasteiger partial charge is 0.444 e. The summed E-state index contributed by atoms with van der Waals surface area (Å²) in [5.74, 6) is 0. The van der Waals surface area contributed by atoms with Crippen LogP contribution in [0.15, 0.2) is 64.4 Å². The van der Waals surface area contributed by atoms with E-state index < -0.39 is 16.6 Å². The van der Waals surface area contributed by atoms with Crippen LogP contribution in [0.5, 0.6) is 0 Å². The summed E-state index contributed by atoms with van der Waals surface area (Å²) in [5, 5.41) is 13.8. The van der Waals surface area contributed by atoms with Gasteiger partial charge in [0.2, 0.25) is 0 Å². The van der Waals surface area contributed by atoms with Gasteiger partial charge in [-0.1, -0.05) is 23.9 Å². The van der Waals surface area contributed by atoms with Gasteiger partial charge in [0.15, 0.2) is 0 Å². The maximum absolute atomic E-state index is 12.1. The monoisotopic (exact) mass is 442 g/mol. The molecule has 3 aromatic rings. The number of thiophene rings is 1. The van der Waals surface area contributed by atoms with E-state index in [2.05, 4.69) is 36.5 Å². The molecular weight excluding hydrogens is 420 g/mol. The van der Waals surface area contributed by atoms with Crippen LogP contribution in [-0.2, 0) is 4.74 Å². The van der Waals surface area contributed by atoms with Crippen molar-refractivity contribution >= 4 is 40.6 Å². The quantitative estimate of drug-likeness (QED) is 0.336. The van der Waals surface area contributed by atoms with Crippen LogP contribution in [0.25, 0.3) is 10.4 Å². The normalized spacial score (nSPS) is 11.2. The first-order valence-electron chi connectivity index (χ1n) is 9.24. The van der Waals surface area contributed by atoms with E-state index in [1.165, 1.54) is 27.6 Å². The highest BCUT2D eigenvalue weighted by atomic mass is 32.2. The lowest BCUT2D eigenvalue weighted by Crippen LogP contribution is -2.27. The molecule has 1 amide bonds. The van der Waals surface area contributed by atoms with Crippen LogP contribution < -0.4 is 5.32 Å². The highest BCUT2D eigenvalue weighted by Gasteiger charge is 2.21. The van der Waals surface area contributed by atoms with E-state index in [9.17, 15) is 14.9 Å². The Morgan fingerprint density at radius 2 is 1.73 bits per heavy atom. The summed E-state index contributed by atoms with van der Waals surface area (Å²) in [7, 11) is 0. The minimum Gasteiger partial charge on any atom is -0.444 e. The molecule has 0 spiro atoms. The standard InChI is InChI=1S/C22H22N2O4S2/c1-14-5-12-20(29-14)15-6-8-16(9-7-15)30-17-10-11-19(24(26)27)18(13-17)23-21(25)28-22(2,3)4/h5-13H,1-4H3,(H,23,25). The zero-order valence-corrected chi connectivity index (χ0v) is 18.7. The van der Waals surface area contributed by atoms with Gasteiger partial charge in [0.25, 0.3) is 5.69 Å². The van der Waals surface area contributed by atoms with Crippen LogP contribution in [0.2, 0.25) is 0 Å². The molecule has 0 aliphatic rings. The molecule has 0 atom stereocenters. The number of nitro groups is 1. The molecule has 1 aromatic heterocycles. The Kier molecular flexibility index (Phi) is 6.48. The second-order valence-electron chi connectivity index (χ2n) is 7.60. The van der Waals surface area contributed by atoms with Crippen molar-refractivity contribution in [1.82, 2.24) is 0 Å². The lowest BCUT2D eigenvalue weighted by molar-refractivity contribution is -0.384. The Labute approximate surface area is 183 Å². The Hall–Kier alpha value is -2.84. The number of nitro benzene ring substituents is 1. The predicted molar refractivity (Wildman–Crippen MR) is 122 cm³/mol. The van der Waals surface area contributed by atoms with Crippen LogP contribution in [0.4, 0.5) is 16.2 Å². The zero-order chi connectivity index (χ0) is 21.9. The third-order valence-corrected chi connectivity index (χ3v) is 5.96. The Morgan fingerprint density at radius 3 is 2.30 bits per heavy atom. The van der Waals surface area contributed by atoms with Gasteiger partial charge in [-0.3, -0.25) is 15.4 Å². The third kappa shape index (κ3) is 5.84. The number of ether oxygens (including phenoxy) is 1. The first-order valence-corrected chi connectivity index (χ1v) is 10.9. The summed E-state index contributed by atoms with van der Waals surface area (Å²) in [6.45, 7) is 7.27. The number of hydrogen-bond acceptors (Lipinski definition) is 6. The molecular formula is C22H22N2O4S2. The van der Waals surface area contributed by atoms with E-state index in [0.717, 1.165) is 15.4 Å². The maximum atomic E-state index is 12.1. The number of carbonyl (C=O) groups excluding carboxylic acids is 1. The third-order valence-electron chi connectivity index (χ3n) is 3.92. The van der Waals surface area contributed by atoms with Gasteiger partial charge < -0.3 is 4.74 Å². The fourth-order valence-electron chi connectivity index (χ4n) is 2.66. The van der Waals surface area contributed by atoms with Crippen molar-refractivity contribution in [2.24, 2.45) is 0 Å². The van der Waals surface area contributed by atoms with Crippen LogP contribution in [0, 0.1) is 17.0 Å². The number of rotatable bonds is 5. The molecule has 156 valence electrons. The van der Waals surface area contributed by atoms with Crippen LogP contribution in [0.3, 0.4) is 0 Å². The fraction of sp³-hybridized carbons (Fsp3) is 0.227. The van der Waals surface area contributed by atoms with E-state index in [-0.39, 0.29) is 11.4 Å². The molecule has 2 aromatic carbocycles. The van der Waals surface area contributed by atoms with Gasteiger partial charge in [-0.05, 0) is 69.7 Å². The Morgan fingerprint density at radius 1 is 1.07 bits per heavy atom. The number of nitrogens with zero attached hydrogens (tertiary/aromatic N) is 1. The summed E-state index contributed by atoms with van der Waals surface area (Å²) < 4.78 is 5.21. The molecule has 1 N–H and O–H groups in total. The van der Waals surface area contributed by atoms with Gasteiger partial charge in [-0.15, -0.1) is 11.3 Å². The summed E-state index contributed by atoms with van der Waals surface area (Å²) in [6.07, 6.45) is -0.733. The molecule has 0 aliphatic carbocycles. The van der Waals surface area contributed by atoms with Gasteiger partial charge in [-0.25, -0.2) is 4.79 Å². The van der Waals surface area contributed by atoms with Crippen molar-refractivity contribution in [2.45, 2.75) is 43.1 Å². The second kappa shape index (κ2) is 8.89. The summed E-state index contributed by atoms with van der Waals surface area (Å²) in [5.41, 5.74) is 0.362. The fourth-order valence-corrected chi connectivity index (χ4v) is 4.39. The number of nitrogens with one attached hydrogen (secondary N) is 1. The van der Waals surface area contributed by atoms with Gasteiger partial charge >= 0.3 is 6.09 Å². The Bertz CT molecular complexity index is 1070. The van der Waals surface area contributed by atoms with E-state index in [1.807, 2.05) is 12.1 Å². The molecule has 0 saturated carbocycles. The van der Waals surface area contributed by atoms with Crippen LogP contribution in [-0.4, -0.2) is 16.6 Å².